The number of hydrogen-bond acceptors (Lipinski definition) is 2. The van der Waals surface area contributed by atoms with Crippen LogP contribution in [0.4, 0.5) is 4.39 Å². The largest absolute Gasteiger partial charge is 0.200 e. The summed E-state index contributed by atoms with van der Waals surface area (Å²) >= 11 is 0.999. The van der Waals surface area contributed by atoms with Crippen molar-refractivity contribution in [1.29, 1.82) is 5.26 Å². The Morgan fingerprint density at radius 2 is 2.75 bits per heavy atom. The second kappa shape index (κ2) is 2.19. The predicted octanol–water partition coefficient (Wildman–Crippen LogP) is 1.83. The van der Waals surface area contributed by atoms with Crippen molar-refractivity contribution in [2.75, 3.05) is 0 Å². The predicted molar refractivity (Wildman–Crippen MR) is 30.8 cm³/mol. The molecule has 0 aliphatic carbocycles. The minimum absolute atomic E-state index is 0.171. The van der Waals surface area contributed by atoms with Gasteiger partial charge in [-0.05, 0) is 12.5 Å². The molecule has 0 spiro atoms. The van der Waals surface area contributed by atoms with Crippen molar-refractivity contribution in [2.45, 2.75) is 11.7 Å². The Kier molecular flexibility index (Phi) is 1.54. The number of thioether (sulfide) groups is 1. The first-order chi connectivity index (χ1) is 3.83. The Morgan fingerprint density at radius 3 is 3.00 bits per heavy atom. The molecule has 3 heteroatoms. The van der Waals surface area contributed by atoms with Gasteiger partial charge in [-0.25, -0.2) is 0 Å². The summed E-state index contributed by atoms with van der Waals surface area (Å²) in [5.41, 5.74) is 0. The highest BCUT2D eigenvalue weighted by atomic mass is 32.2. The Bertz CT molecular complexity index is 158. The van der Waals surface area contributed by atoms with Crippen LogP contribution < -0.4 is 0 Å². The van der Waals surface area contributed by atoms with E-state index in [9.17, 15) is 4.39 Å². The van der Waals surface area contributed by atoms with Crippen molar-refractivity contribution in [3.63, 3.8) is 0 Å². The molecule has 1 aliphatic rings. The third-order valence-corrected chi connectivity index (χ3v) is 1.87. The van der Waals surface area contributed by atoms with Gasteiger partial charge in [-0.1, -0.05) is 11.8 Å². The van der Waals surface area contributed by atoms with Crippen LogP contribution in [0.15, 0.2) is 11.2 Å². The van der Waals surface area contributed by atoms with Gasteiger partial charge < -0.3 is 0 Å². The van der Waals surface area contributed by atoms with E-state index in [1.165, 1.54) is 6.08 Å². The molecule has 0 saturated carbocycles. The van der Waals surface area contributed by atoms with Gasteiger partial charge in [0.15, 0.2) is 5.16 Å². The van der Waals surface area contributed by atoms with E-state index in [-0.39, 0.29) is 10.4 Å². The van der Waals surface area contributed by atoms with Crippen LogP contribution in [0.2, 0.25) is 0 Å². The number of nitrogens with zero attached hydrogens (tertiary/aromatic N) is 1. The normalized spacial score (nSPS) is 27.0. The van der Waals surface area contributed by atoms with Gasteiger partial charge in [0.2, 0.25) is 0 Å². The van der Waals surface area contributed by atoms with Gasteiger partial charge in [0.05, 0.1) is 6.07 Å². The molecule has 1 rings (SSSR count). The van der Waals surface area contributed by atoms with E-state index in [4.69, 9.17) is 5.26 Å². The molecule has 0 aromatic rings. The van der Waals surface area contributed by atoms with Gasteiger partial charge in [-0.3, -0.25) is 0 Å². The summed E-state index contributed by atoms with van der Waals surface area (Å²) in [6.07, 6.45) is 2.01. The molecule has 1 atom stereocenters. The van der Waals surface area contributed by atoms with E-state index in [1.54, 1.807) is 0 Å². The zero-order chi connectivity index (χ0) is 5.98. The minimum Gasteiger partial charge on any atom is -0.200 e. The van der Waals surface area contributed by atoms with Crippen molar-refractivity contribution in [3.8, 4) is 6.07 Å². The van der Waals surface area contributed by atoms with Gasteiger partial charge in [0.25, 0.3) is 0 Å². The monoisotopic (exact) mass is 129 g/mol. The maximum Gasteiger partial charge on any atom is 0.153 e. The van der Waals surface area contributed by atoms with E-state index in [1.807, 2.05) is 6.07 Å². The Labute approximate surface area is 51.2 Å². The summed E-state index contributed by atoms with van der Waals surface area (Å²) in [5, 5.41) is 7.83. The first-order valence-corrected chi connectivity index (χ1v) is 3.13. The third kappa shape index (κ3) is 1.01. The van der Waals surface area contributed by atoms with Crippen molar-refractivity contribution >= 4 is 11.8 Å². The summed E-state index contributed by atoms with van der Waals surface area (Å²) in [4.78, 5) is 0. The van der Waals surface area contributed by atoms with E-state index < -0.39 is 0 Å². The molecule has 1 aliphatic heterocycles. The standard InChI is InChI=1S/C5H4FNS/c6-5-2-1-4(3-7)8-5/h2,4H,1H2. The molecule has 0 N–H and O–H groups in total. The molecule has 0 bridgehead atoms. The summed E-state index contributed by atoms with van der Waals surface area (Å²) in [6.45, 7) is 0. The van der Waals surface area contributed by atoms with Crippen LogP contribution >= 0.6 is 11.8 Å². The highest BCUT2D eigenvalue weighted by Crippen LogP contribution is 2.31. The van der Waals surface area contributed by atoms with Crippen molar-refractivity contribution in [3.05, 3.63) is 11.2 Å². The first-order valence-electron chi connectivity index (χ1n) is 2.25. The summed E-state index contributed by atoms with van der Waals surface area (Å²) in [6, 6.07) is 1.97. The molecule has 1 unspecified atom stereocenters. The minimum atomic E-state index is -0.212. The van der Waals surface area contributed by atoms with Crippen LogP contribution in [0, 0.1) is 11.3 Å². The van der Waals surface area contributed by atoms with Crippen molar-refractivity contribution < 1.29 is 4.39 Å². The second-order valence-corrected chi connectivity index (χ2v) is 2.67. The number of allylic oxidation sites excluding steroid dienone is 1. The molecular formula is C5H4FNS. The number of halogens is 1. The maximum atomic E-state index is 12.0. The quantitative estimate of drug-likeness (QED) is 0.498. The van der Waals surface area contributed by atoms with Gasteiger partial charge in [0, 0.05) is 0 Å². The molecule has 42 valence electrons. The van der Waals surface area contributed by atoms with Crippen LogP contribution in [-0.2, 0) is 0 Å². The van der Waals surface area contributed by atoms with E-state index in [0.717, 1.165) is 11.8 Å². The molecule has 0 fully saturated rings. The van der Waals surface area contributed by atoms with Crippen molar-refractivity contribution in [2.24, 2.45) is 0 Å². The van der Waals surface area contributed by atoms with E-state index >= 15 is 0 Å². The zero-order valence-corrected chi connectivity index (χ0v) is 4.91. The average molecular weight is 129 g/mol. The lowest BCUT2D eigenvalue weighted by Crippen LogP contribution is -1.88. The smallest absolute Gasteiger partial charge is 0.153 e. The molecule has 0 saturated heterocycles. The maximum absolute atomic E-state index is 12.0. The lowest BCUT2D eigenvalue weighted by atomic mass is 10.3. The first kappa shape index (κ1) is 5.64. The summed E-state index contributed by atoms with van der Waals surface area (Å²) < 4.78 is 12.0. The highest BCUT2D eigenvalue weighted by molar-refractivity contribution is 8.03. The number of rotatable bonds is 0. The highest BCUT2D eigenvalue weighted by Gasteiger charge is 2.15. The summed E-state index contributed by atoms with van der Waals surface area (Å²) in [7, 11) is 0. The lowest BCUT2D eigenvalue weighted by Gasteiger charge is -1.89. The third-order valence-electron chi connectivity index (χ3n) is 0.891. The van der Waals surface area contributed by atoms with Gasteiger partial charge in [-0.15, -0.1) is 0 Å². The fraction of sp³-hybridized carbons (Fsp3) is 0.400. The molecule has 0 radical (unpaired) electrons. The molecule has 8 heavy (non-hydrogen) atoms. The topological polar surface area (TPSA) is 23.8 Å². The van der Waals surface area contributed by atoms with Crippen LogP contribution in [0.1, 0.15) is 6.42 Å². The fourth-order valence-corrected chi connectivity index (χ4v) is 1.22. The Hall–Kier alpha value is -0.490. The van der Waals surface area contributed by atoms with E-state index in [0.29, 0.717) is 6.42 Å². The lowest BCUT2D eigenvalue weighted by molar-refractivity contribution is 0.699. The second-order valence-electron chi connectivity index (χ2n) is 1.48. The zero-order valence-electron chi connectivity index (χ0n) is 4.10. The molecule has 0 amide bonds. The Morgan fingerprint density at radius 1 is 2.00 bits per heavy atom. The number of hydrogen-bond donors (Lipinski definition) is 0. The SMILES string of the molecule is N#CC1CC=C(F)S1. The summed E-state index contributed by atoms with van der Waals surface area (Å²) in [5.74, 6) is 0. The molecule has 0 aromatic heterocycles. The molecule has 1 nitrogen and oxygen atoms in total. The van der Waals surface area contributed by atoms with Crippen LogP contribution in [-0.4, -0.2) is 5.25 Å². The van der Waals surface area contributed by atoms with Crippen LogP contribution in [0.3, 0.4) is 0 Å². The van der Waals surface area contributed by atoms with Crippen LogP contribution in [0.5, 0.6) is 0 Å². The Balaban J connectivity index is 2.47. The number of nitriles is 1. The van der Waals surface area contributed by atoms with Gasteiger partial charge in [-0.2, -0.15) is 9.65 Å². The fourth-order valence-electron chi connectivity index (χ4n) is 0.511. The van der Waals surface area contributed by atoms with E-state index in [2.05, 4.69) is 0 Å². The molecule has 0 aromatic carbocycles. The molecular weight excluding hydrogens is 125 g/mol. The van der Waals surface area contributed by atoms with Crippen molar-refractivity contribution in [1.82, 2.24) is 0 Å². The molecule has 1 heterocycles. The van der Waals surface area contributed by atoms with Crippen LogP contribution in [0.25, 0.3) is 0 Å². The van der Waals surface area contributed by atoms with Gasteiger partial charge in [0.1, 0.15) is 5.25 Å². The van der Waals surface area contributed by atoms with Gasteiger partial charge >= 0.3 is 0 Å². The average Bonchev–Trinajstić information content (AvgIpc) is 2.14.